The average Bonchev–Trinajstić information content (AvgIpc) is 2.61. The molecule has 1 heterocycles. The van der Waals surface area contributed by atoms with Crippen LogP contribution >= 0.6 is 0 Å². The molecule has 0 aromatic carbocycles. The Bertz CT molecular complexity index is 409. The standard InChI is InChI=1S/C10H18N2O2S/c1-9(11-2)10-4-5-12(8-10)6-7-15(3,13)14/h4-5,8-9,11H,6-7H2,1-3H3. The van der Waals surface area contributed by atoms with Crippen LogP contribution in [0.25, 0.3) is 0 Å². The summed E-state index contributed by atoms with van der Waals surface area (Å²) in [7, 11) is -0.974. The third-order valence-corrected chi connectivity index (χ3v) is 3.35. The summed E-state index contributed by atoms with van der Waals surface area (Å²) in [6.45, 7) is 2.59. The molecule has 0 radical (unpaired) electrons. The number of rotatable bonds is 5. The number of nitrogens with one attached hydrogen (secondary N) is 1. The maximum Gasteiger partial charge on any atom is 0.149 e. The molecule has 0 amide bonds. The van der Waals surface area contributed by atoms with Gasteiger partial charge < -0.3 is 9.88 Å². The van der Waals surface area contributed by atoms with Gasteiger partial charge in [0.05, 0.1) is 5.75 Å². The van der Waals surface area contributed by atoms with Crippen molar-refractivity contribution in [2.24, 2.45) is 0 Å². The number of aromatic nitrogens is 1. The van der Waals surface area contributed by atoms with Gasteiger partial charge in [0.25, 0.3) is 0 Å². The van der Waals surface area contributed by atoms with Gasteiger partial charge in [0.1, 0.15) is 9.84 Å². The maximum atomic E-state index is 11.0. The first-order chi connectivity index (χ1) is 6.92. The summed E-state index contributed by atoms with van der Waals surface area (Å²) in [5.41, 5.74) is 1.17. The van der Waals surface area contributed by atoms with Crippen molar-refractivity contribution in [3.05, 3.63) is 24.0 Å². The van der Waals surface area contributed by atoms with Crippen molar-refractivity contribution in [1.82, 2.24) is 9.88 Å². The quantitative estimate of drug-likeness (QED) is 0.814. The van der Waals surface area contributed by atoms with E-state index in [1.54, 1.807) is 0 Å². The average molecular weight is 230 g/mol. The Hall–Kier alpha value is -0.810. The van der Waals surface area contributed by atoms with E-state index in [4.69, 9.17) is 0 Å². The van der Waals surface area contributed by atoms with Crippen molar-refractivity contribution >= 4 is 9.84 Å². The van der Waals surface area contributed by atoms with Gasteiger partial charge in [-0.2, -0.15) is 0 Å². The molecule has 1 unspecified atom stereocenters. The monoisotopic (exact) mass is 230 g/mol. The lowest BCUT2D eigenvalue weighted by Crippen LogP contribution is -2.12. The second kappa shape index (κ2) is 4.81. The van der Waals surface area contributed by atoms with E-state index < -0.39 is 9.84 Å². The highest BCUT2D eigenvalue weighted by molar-refractivity contribution is 7.90. The Labute approximate surface area is 91.2 Å². The summed E-state index contributed by atoms with van der Waals surface area (Å²) in [5, 5.41) is 3.14. The van der Waals surface area contributed by atoms with Crippen LogP contribution in [-0.4, -0.2) is 32.0 Å². The van der Waals surface area contributed by atoms with Crippen LogP contribution in [0, 0.1) is 0 Å². The smallest absolute Gasteiger partial charge is 0.149 e. The summed E-state index contributed by atoms with van der Waals surface area (Å²) < 4.78 is 23.9. The lowest BCUT2D eigenvalue weighted by Gasteiger charge is -2.07. The summed E-state index contributed by atoms with van der Waals surface area (Å²) in [6.07, 6.45) is 5.15. The van der Waals surface area contributed by atoms with Crippen LogP contribution in [0.2, 0.25) is 0 Å². The Morgan fingerprint density at radius 3 is 2.73 bits per heavy atom. The number of hydrogen-bond acceptors (Lipinski definition) is 3. The molecule has 1 aromatic heterocycles. The van der Waals surface area contributed by atoms with E-state index in [2.05, 4.69) is 12.2 Å². The van der Waals surface area contributed by atoms with Gasteiger partial charge in [0, 0.05) is 31.2 Å². The second-order valence-electron chi connectivity index (χ2n) is 3.82. The van der Waals surface area contributed by atoms with Gasteiger partial charge in [-0.15, -0.1) is 0 Å². The van der Waals surface area contributed by atoms with Crippen molar-refractivity contribution in [2.75, 3.05) is 19.1 Å². The van der Waals surface area contributed by atoms with Gasteiger partial charge in [-0.3, -0.25) is 0 Å². The third kappa shape index (κ3) is 4.05. The van der Waals surface area contributed by atoms with E-state index >= 15 is 0 Å². The minimum atomic E-state index is -2.88. The molecule has 0 spiro atoms. The summed E-state index contributed by atoms with van der Waals surface area (Å²) in [5.74, 6) is 0.190. The molecule has 0 aliphatic rings. The van der Waals surface area contributed by atoms with E-state index in [9.17, 15) is 8.42 Å². The molecule has 1 atom stereocenters. The topological polar surface area (TPSA) is 51.1 Å². The fourth-order valence-corrected chi connectivity index (χ4v) is 1.83. The SMILES string of the molecule is CNC(C)c1ccn(CCS(C)(=O)=O)c1. The second-order valence-corrected chi connectivity index (χ2v) is 6.08. The van der Waals surface area contributed by atoms with Gasteiger partial charge in [0.15, 0.2) is 0 Å². The molecule has 4 nitrogen and oxygen atoms in total. The number of nitrogens with zero attached hydrogens (tertiary/aromatic N) is 1. The van der Waals surface area contributed by atoms with Crippen LogP contribution in [-0.2, 0) is 16.4 Å². The largest absolute Gasteiger partial charge is 0.353 e. The van der Waals surface area contributed by atoms with Gasteiger partial charge >= 0.3 is 0 Å². The molecule has 1 aromatic rings. The molecule has 5 heteroatoms. The van der Waals surface area contributed by atoms with Crippen molar-refractivity contribution in [3.63, 3.8) is 0 Å². The Morgan fingerprint density at radius 2 is 2.20 bits per heavy atom. The third-order valence-electron chi connectivity index (χ3n) is 2.43. The Kier molecular flexibility index (Phi) is 3.93. The molecule has 0 bridgehead atoms. The molecule has 1 rings (SSSR count). The van der Waals surface area contributed by atoms with Gasteiger partial charge in [-0.25, -0.2) is 8.42 Å². The number of sulfone groups is 1. The highest BCUT2D eigenvalue weighted by Crippen LogP contribution is 2.11. The molecular formula is C10H18N2O2S. The van der Waals surface area contributed by atoms with Gasteiger partial charge in [-0.05, 0) is 25.6 Å². The molecule has 0 aliphatic carbocycles. The first-order valence-electron chi connectivity index (χ1n) is 4.93. The molecule has 0 fully saturated rings. The fraction of sp³-hybridized carbons (Fsp3) is 0.600. The Morgan fingerprint density at radius 1 is 1.53 bits per heavy atom. The van der Waals surface area contributed by atoms with Crippen molar-refractivity contribution in [3.8, 4) is 0 Å². The number of aryl methyl sites for hydroxylation is 1. The molecule has 0 saturated carbocycles. The molecular weight excluding hydrogens is 212 g/mol. The van der Waals surface area contributed by atoms with Crippen LogP contribution in [0.3, 0.4) is 0 Å². The zero-order valence-electron chi connectivity index (χ0n) is 9.40. The van der Waals surface area contributed by atoms with Gasteiger partial charge in [0.2, 0.25) is 0 Å². The van der Waals surface area contributed by atoms with Crippen LogP contribution in [0.1, 0.15) is 18.5 Å². The summed E-state index contributed by atoms with van der Waals surface area (Å²) >= 11 is 0. The molecule has 86 valence electrons. The minimum Gasteiger partial charge on any atom is -0.353 e. The fourth-order valence-electron chi connectivity index (χ4n) is 1.29. The van der Waals surface area contributed by atoms with E-state index in [0.717, 1.165) is 0 Å². The zero-order valence-corrected chi connectivity index (χ0v) is 10.2. The molecule has 0 saturated heterocycles. The molecule has 1 N–H and O–H groups in total. The summed E-state index contributed by atoms with van der Waals surface area (Å²) in [4.78, 5) is 0. The summed E-state index contributed by atoms with van der Waals surface area (Å²) in [6, 6.07) is 2.30. The van der Waals surface area contributed by atoms with E-state index in [0.29, 0.717) is 12.6 Å². The van der Waals surface area contributed by atoms with E-state index in [-0.39, 0.29) is 5.75 Å². The van der Waals surface area contributed by atoms with Crippen molar-refractivity contribution in [1.29, 1.82) is 0 Å². The first kappa shape index (κ1) is 12.3. The lowest BCUT2D eigenvalue weighted by atomic mass is 10.2. The van der Waals surface area contributed by atoms with Crippen LogP contribution < -0.4 is 5.32 Å². The normalized spacial score (nSPS) is 14.1. The lowest BCUT2D eigenvalue weighted by molar-refractivity contribution is 0.594. The highest BCUT2D eigenvalue weighted by atomic mass is 32.2. The van der Waals surface area contributed by atoms with E-state index in [1.165, 1.54) is 11.8 Å². The van der Waals surface area contributed by atoms with Crippen LogP contribution in [0.15, 0.2) is 18.5 Å². The molecule has 15 heavy (non-hydrogen) atoms. The highest BCUT2D eigenvalue weighted by Gasteiger charge is 2.06. The van der Waals surface area contributed by atoms with Crippen LogP contribution in [0.5, 0.6) is 0 Å². The molecule has 0 aliphatic heterocycles. The number of hydrogen-bond donors (Lipinski definition) is 1. The van der Waals surface area contributed by atoms with E-state index in [1.807, 2.05) is 30.1 Å². The zero-order chi connectivity index (χ0) is 11.5. The van der Waals surface area contributed by atoms with Crippen LogP contribution in [0.4, 0.5) is 0 Å². The Balaban J connectivity index is 2.61. The van der Waals surface area contributed by atoms with Gasteiger partial charge in [-0.1, -0.05) is 0 Å². The van der Waals surface area contributed by atoms with Crippen molar-refractivity contribution < 1.29 is 8.42 Å². The maximum absolute atomic E-state index is 11.0. The minimum absolute atomic E-state index is 0.190. The first-order valence-corrected chi connectivity index (χ1v) is 6.99. The van der Waals surface area contributed by atoms with Crippen molar-refractivity contribution in [2.45, 2.75) is 19.5 Å². The predicted molar refractivity (Wildman–Crippen MR) is 61.6 cm³/mol. The predicted octanol–water partition coefficient (Wildman–Crippen LogP) is 0.813.